The fourth-order valence-corrected chi connectivity index (χ4v) is 0.613. The standard InChI is InChI=1S/C7H13NO/c1-4-6-8(5-2)7(3)9/h4,6H,5H2,1-3H3/b6-4-. The molecule has 0 unspecified atom stereocenters. The van der Waals surface area contributed by atoms with Crippen molar-refractivity contribution in [2.45, 2.75) is 20.8 Å². The molecule has 52 valence electrons. The minimum Gasteiger partial charge on any atom is -0.320 e. The van der Waals surface area contributed by atoms with Crippen LogP contribution in [0.4, 0.5) is 0 Å². The summed E-state index contributed by atoms with van der Waals surface area (Å²) in [4.78, 5) is 12.3. The van der Waals surface area contributed by atoms with E-state index in [1.54, 1.807) is 18.0 Å². The molecule has 0 N–H and O–H groups in total. The molecule has 0 aliphatic carbocycles. The van der Waals surface area contributed by atoms with E-state index in [9.17, 15) is 4.79 Å². The van der Waals surface area contributed by atoms with Crippen molar-refractivity contribution in [3.05, 3.63) is 12.3 Å². The fraction of sp³-hybridized carbons (Fsp3) is 0.571. The molecule has 9 heavy (non-hydrogen) atoms. The third kappa shape index (κ3) is 2.90. The molecule has 0 saturated carbocycles. The minimum absolute atomic E-state index is 0.0931. The van der Waals surface area contributed by atoms with Crippen LogP contribution in [-0.4, -0.2) is 17.4 Å². The van der Waals surface area contributed by atoms with E-state index >= 15 is 0 Å². The van der Waals surface area contributed by atoms with Crippen molar-refractivity contribution in [2.75, 3.05) is 6.54 Å². The van der Waals surface area contributed by atoms with Crippen LogP contribution in [0, 0.1) is 0 Å². The number of carbonyl (C=O) groups is 1. The average molecular weight is 127 g/mol. The number of rotatable bonds is 2. The summed E-state index contributed by atoms with van der Waals surface area (Å²) in [5.74, 6) is 0.0931. The highest BCUT2D eigenvalue weighted by atomic mass is 16.2. The van der Waals surface area contributed by atoms with Crippen molar-refractivity contribution < 1.29 is 4.79 Å². The Labute approximate surface area is 56.2 Å². The summed E-state index contributed by atoms with van der Waals surface area (Å²) in [6.45, 7) is 6.15. The summed E-state index contributed by atoms with van der Waals surface area (Å²) >= 11 is 0. The van der Waals surface area contributed by atoms with Gasteiger partial charge in [0.05, 0.1) is 0 Å². The fourth-order valence-electron chi connectivity index (χ4n) is 0.613. The van der Waals surface area contributed by atoms with Crippen LogP contribution in [0.5, 0.6) is 0 Å². The first kappa shape index (κ1) is 8.21. The third-order valence-corrected chi connectivity index (χ3v) is 1.07. The van der Waals surface area contributed by atoms with Gasteiger partial charge in [-0.25, -0.2) is 0 Å². The largest absolute Gasteiger partial charge is 0.320 e. The zero-order valence-electron chi connectivity index (χ0n) is 6.22. The third-order valence-electron chi connectivity index (χ3n) is 1.07. The maximum atomic E-state index is 10.6. The Morgan fingerprint density at radius 2 is 2.22 bits per heavy atom. The Kier molecular flexibility index (Phi) is 3.76. The number of carbonyl (C=O) groups excluding carboxylic acids is 1. The zero-order valence-corrected chi connectivity index (χ0v) is 6.22. The second kappa shape index (κ2) is 4.13. The number of allylic oxidation sites excluding steroid dienone is 1. The molecule has 2 heteroatoms. The van der Waals surface area contributed by atoms with Crippen LogP contribution >= 0.6 is 0 Å². The summed E-state index contributed by atoms with van der Waals surface area (Å²) in [7, 11) is 0. The van der Waals surface area contributed by atoms with Crippen molar-refractivity contribution in [3.8, 4) is 0 Å². The van der Waals surface area contributed by atoms with Crippen LogP contribution in [0.1, 0.15) is 20.8 Å². The Bertz CT molecular complexity index is 118. The summed E-state index contributed by atoms with van der Waals surface area (Å²) in [5, 5.41) is 0. The first-order chi connectivity index (χ1) is 4.22. The quantitative estimate of drug-likeness (QED) is 0.549. The van der Waals surface area contributed by atoms with Crippen LogP contribution in [0.25, 0.3) is 0 Å². The number of nitrogens with zero attached hydrogens (tertiary/aromatic N) is 1. The van der Waals surface area contributed by atoms with Gasteiger partial charge in [-0.3, -0.25) is 4.79 Å². The molecule has 0 saturated heterocycles. The lowest BCUT2D eigenvalue weighted by molar-refractivity contribution is -0.126. The van der Waals surface area contributed by atoms with E-state index in [-0.39, 0.29) is 5.91 Å². The average Bonchev–Trinajstić information content (AvgIpc) is 1.82. The summed E-state index contributed by atoms with van der Waals surface area (Å²) in [6.07, 6.45) is 3.63. The van der Waals surface area contributed by atoms with Crippen molar-refractivity contribution in [1.29, 1.82) is 0 Å². The summed E-state index contributed by atoms with van der Waals surface area (Å²) in [5.41, 5.74) is 0. The highest BCUT2D eigenvalue weighted by Gasteiger charge is 1.97. The molecule has 0 atom stereocenters. The molecular weight excluding hydrogens is 114 g/mol. The van der Waals surface area contributed by atoms with Gasteiger partial charge in [-0.2, -0.15) is 0 Å². The number of hydrogen-bond acceptors (Lipinski definition) is 1. The van der Waals surface area contributed by atoms with Gasteiger partial charge in [-0.1, -0.05) is 6.08 Å². The molecule has 0 spiro atoms. The van der Waals surface area contributed by atoms with Crippen molar-refractivity contribution in [2.24, 2.45) is 0 Å². The topological polar surface area (TPSA) is 20.3 Å². The molecule has 0 aromatic heterocycles. The molecule has 0 bridgehead atoms. The molecule has 2 nitrogen and oxygen atoms in total. The van der Waals surface area contributed by atoms with Crippen LogP contribution in [0.3, 0.4) is 0 Å². The number of hydrogen-bond donors (Lipinski definition) is 0. The summed E-state index contributed by atoms with van der Waals surface area (Å²) in [6, 6.07) is 0. The van der Waals surface area contributed by atoms with Gasteiger partial charge in [0.2, 0.25) is 5.91 Å². The first-order valence-electron chi connectivity index (χ1n) is 3.12. The summed E-state index contributed by atoms with van der Waals surface area (Å²) < 4.78 is 0. The van der Waals surface area contributed by atoms with Gasteiger partial charge >= 0.3 is 0 Å². The molecular formula is C7H13NO. The van der Waals surface area contributed by atoms with E-state index in [0.29, 0.717) is 0 Å². The van der Waals surface area contributed by atoms with Crippen LogP contribution in [-0.2, 0) is 4.79 Å². The normalized spacial score (nSPS) is 10.1. The molecule has 1 amide bonds. The van der Waals surface area contributed by atoms with Crippen molar-refractivity contribution >= 4 is 5.91 Å². The van der Waals surface area contributed by atoms with Crippen molar-refractivity contribution in [3.63, 3.8) is 0 Å². The van der Waals surface area contributed by atoms with E-state index in [4.69, 9.17) is 0 Å². The van der Waals surface area contributed by atoms with Gasteiger partial charge in [-0.15, -0.1) is 0 Å². The Balaban J connectivity index is 3.83. The van der Waals surface area contributed by atoms with Crippen LogP contribution in [0.2, 0.25) is 0 Å². The molecule has 0 aromatic rings. The molecule has 0 fully saturated rings. The van der Waals surface area contributed by atoms with Gasteiger partial charge in [0.15, 0.2) is 0 Å². The molecule has 0 heterocycles. The molecule has 0 rings (SSSR count). The smallest absolute Gasteiger partial charge is 0.223 e. The van der Waals surface area contributed by atoms with E-state index in [1.165, 1.54) is 0 Å². The van der Waals surface area contributed by atoms with Gasteiger partial charge in [0.25, 0.3) is 0 Å². The SMILES string of the molecule is C/C=C\N(CC)C(C)=O. The first-order valence-corrected chi connectivity index (χ1v) is 3.12. The molecule has 0 radical (unpaired) electrons. The monoisotopic (exact) mass is 127 g/mol. The lowest BCUT2D eigenvalue weighted by Crippen LogP contribution is -2.21. The zero-order chi connectivity index (χ0) is 7.28. The Morgan fingerprint density at radius 3 is 2.33 bits per heavy atom. The molecule has 0 aliphatic heterocycles. The predicted molar refractivity (Wildman–Crippen MR) is 37.9 cm³/mol. The maximum absolute atomic E-state index is 10.6. The predicted octanol–water partition coefficient (Wildman–Crippen LogP) is 1.39. The van der Waals surface area contributed by atoms with E-state index in [2.05, 4.69) is 0 Å². The maximum Gasteiger partial charge on any atom is 0.223 e. The Hall–Kier alpha value is -0.790. The van der Waals surface area contributed by atoms with Gasteiger partial charge in [0.1, 0.15) is 0 Å². The second-order valence-electron chi connectivity index (χ2n) is 1.79. The van der Waals surface area contributed by atoms with E-state index in [0.717, 1.165) is 6.54 Å². The van der Waals surface area contributed by atoms with E-state index in [1.807, 2.05) is 19.9 Å². The minimum atomic E-state index is 0.0931. The highest BCUT2D eigenvalue weighted by Crippen LogP contribution is 1.88. The number of amides is 1. The van der Waals surface area contributed by atoms with E-state index < -0.39 is 0 Å². The molecule has 0 aromatic carbocycles. The Morgan fingerprint density at radius 1 is 1.67 bits per heavy atom. The van der Waals surface area contributed by atoms with Gasteiger partial charge in [0, 0.05) is 19.7 Å². The van der Waals surface area contributed by atoms with Crippen molar-refractivity contribution in [1.82, 2.24) is 4.90 Å². The van der Waals surface area contributed by atoms with Gasteiger partial charge in [-0.05, 0) is 13.8 Å². The van der Waals surface area contributed by atoms with Crippen LogP contribution < -0.4 is 0 Å². The van der Waals surface area contributed by atoms with Gasteiger partial charge < -0.3 is 4.90 Å². The molecule has 0 aliphatic rings. The second-order valence-corrected chi connectivity index (χ2v) is 1.79. The lowest BCUT2D eigenvalue weighted by atomic mass is 10.5. The highest BCUT2D eigenvalue weighted by molar-refractivity contribution is 5.74. The van der Waals surface area contributed by atoms with Crippen LogP contribution in [0.15, 0.2) is 12.3 Å². The lowest BCUT2D eigenvalue weighted by Gasteiger charge is -2.11.